The van der Waals surface area contributed by atoms with Crippen LogP contribution in [0.25, 0.3) is 0 Å². The molecule has 4 heteroatoms. The van der Waals surface area contributed by atoms with Gasteiger partial charge < -0.3 is 15.2 Å². The number of rotatable bonds is 2. The molecule has 0 aliphatic carbocycles. The number of hydrogen-bond acceptors (Lipinski definition) is 4. The van der Waals surface area contributed by atoms with Crippen LogP contribution in [0.1, 0.15) is 20.8 Å². The highest BCUT2D eigenvalue weighted by Crippen LogP contribution is 2.19. The molecule has 1 rings (SSSR count). The van der Waals surface area contributed by atoms with Gasteiger partial charge in [-0.05, 0) is 5.41 Å². The average molecular weight is 187 g/mol. The summed E-state index contributed by atoms with van der Waals surface area (Å²) in [6, 6.07) is -0.562. The molecule has 1 heterocycles. The third-order valence-corrected chi connectivity index (χ3v) is 2.08. The summed E-state index contributed by atoms with van der Waals surface area (Å²) >= 11 is 0. The van der Waals surface area contributed by atoms with E-state index in [0.29, 0.717) is 13.2 Å². The minimum atomic E-state index is -0.562. The molecule has 1 unspecified atom stereocenters. The summed E-state index contributed by atoms with van der Waals surface area (Å²) in [6.07, 6.45) is -0.0825. The first kappa shape index (κ1) is 10.5. The normalized spacial score (nSPS) is 20.6. The van der Waals surface area contributed by atoms with Crippen molar-refractivity contribution in [2.45, 2.75) is 32.9 Å². The SMILES string of the molecule is CC(C)(C)C(N)C(=O)OC1COC1. The van der Waals surface area contributed by atoms with Crippen LogP contribution in [0.15, 0.2) is 0 Å². The van der Waals surface area contributed by atoms with Crippen LogP contribution >= 0.6 is 0 Å². The van der Waals surface area contributed by atoms with Crippen molar-refractivity contribution in [3.63, 3.8) is 0 Å². The summed E-state index contributed by atoms with van der Waals surface area (Å²) in [6.45, 7) is 6.74. The van der Waals surface area contributed by atoms with Crippen molar-refractivity contribution < 1.29 is 14.3 Å². The van der Waals surface area contributed by atoms with E-state index in [4.69, 9.17) is 15.2 Å². The first-order valence-corrected chi connectivity index (χ1v) is 4.45. The smallest absolute Gasteiger partial charge is 0.323 e. The minimum Gasteiger partial charge on any atom is -0.456 e. The van der Waals surface area contributed by atoms with Crippen LogP contribution in [-0.4, -0.2) is 31.3 Å². The van der Waals surface area contributed by atoms with Crippen LogP contribution < -0.4 is 5.73 Å². The number of carbonyl (C=O) groups is 1. The van der Waals surface area contributed by atoms with Gasteiger partial charge in [0, 0.05) is 0 Å². The van der Waals surface area contributed by atoms with E-state index in [0.717, 1.165) is 0 Å². The van der Waals surface area contributed by atoms with E-state index in [9.17, 15) is 4.79 Å². The number of ether oxygens (including phenoxy) is 2. The maximum atomic E-state index is 11.4. The fourth-order valence-corrected chi connectivity index (χ4v) is 0.873. The molecule has 0 aromatic rings. The first-order valence-electron chi connectivity index (χ1n) is 4.45. The molecule has 1 aliphatic heterocycles. The summed E-state index contributed by atoms with van der Waals surface area (Å²) in [7, 11) is 0. The number of nitrogens with two attached hydrogens (primary N) is 1. The lowest BCUT2D eigenvalue weighted by Crippen LogP contribution is -2.47. The first-order chi connectivity index (χ1) is 5.91. The van der Waals surface area contributed by atoms with Gasteiger partial charge in [0.05, 0.1) is 13.2 Å². The Morgan fingerprint density at radius 3 is 2.38 bits per heavy atom. The van der Waals surface area contributed by atoms with Gasteiger partial charge in [-0.1, -0.05) is 20.8 Å². The lowest BCUT2D eigenvalue weighted by Gasteiger charge is -2.30. The van der Waals surface area contributed by atoms with Gasteiger partial charge in [0.2, 0.25) is 0 Å². The molecule has 1 atom stereocenters. The van der Waals surface area contributed by atoms with E-state index in [1.165, 1.54) is 0 Å². The molecule has 0 spiro atoms. The number of hydrogen-bond donors (Lipinski definition) is 1. The third kappa shape index (κ3) is 2.67. The molecule has 0 amide bonds. The second-order valence-electron chi connectivity index (χ2n) is 4.44. The van der Waals surface area contributed by atoms with E-state index in [1.54, 1.807) is 0 Å². The standard InChI is InChI=1S/C9H17NO3/c1-9(2,3)7(10)8(11)13-6-4-12-5-6/h6-7H,4-5,10H2,1-3H3. The second kappa shape index (κ2) is 3.64. The van der Waals surface area contributed by atoms with E-state index >= 15 is 0 Å². The Kier molecular flexibility index (Phi) is 2.93. The largest absolute Gasteiger partial charge is 0.456 e. The zero-order valence-corrected chi connectivity index (χ0v) is 8.37. The van der Waals surface area contributed by atoms with Crippen molar-refractivity contribution in [1.82, 2.24) is 0 Å². The van der Waals surface area contributed by atoms with Gasteiger partial charge in [-0.3, -0.25) is 4.79 Å². The highest BCUT2D eigenvalue weighted by molar-refractivity contribution is 5.76. The maximum Gasteiger partial charge on any atom is 0.323 e. The maximum absolute atomic E-state index is 11.4. The van der Waals surface area contributed by atoms with Gasteiger partial charge >= 0.3 is 5.97 Å². The molecule has 0 saturated carbocycles. The molecule has 0 aromatic carbocycles. The van der Waals surface area contributed by atoms with Gasteiger partial charge in [-0.25, -0.2) is 0 Å². The van der Waals surface area contributed by atoms with Gasteiger partial charge in [-0.2, -0.15) is 0 Å². The van der Waals surface area contributed by atoms with Crippen molar-refractivity contribution in [2.24, 2.45) is 11.1 Å². The fourth-order valence-electron chi connectivity index (χ4n) is 0.873. The molecular weight excluding hydrogens is 170 g/mol. The van der Waals surface area contributed by atoms with E-state index in [1.807, 2.05) is 20.8 Å². The molecule has 1 saturated heterocycles. The van der Waals surface area contributed by atoms with Crippen LogP contribution in [0.2, 0.25) is 0 Å². The molecule has 1 fully saturated rings. The Bertz CT molecular complexity index is 194. The molecule has 13 heavy (non-hydrogen) atoms. The lowest BCUT2D eigenvalue weighted by molar-refractivity contribution is -0.175. The van der Waals surface area contributed by atoms with Crippen LogP contribution in [0.4, 0.5) is 0 Å². The van der Waals surface area contributed by atoms with Crippen LogP contribution in [0, 0.1) is 5.41 Å². The Hall–Kier alpha value is -0.610. The summed E-state index contributed by atoms with van der Waals surface area (Å²) in [5.41, 5.74) is 5.46. The van der Waals surface area contributed by atoms with Crippen molar-refractivity contribution in [3.05, 3.63) is 0 Å². The van der Waals surface area contributed by atoms with Crippen LogP contribution in [0.5, 0.6) is 0 Å². The summed E-state index contributed by atoms with van der Waals surface area (Å²) in [5.74, 6) is -0.333. The lowest BCUT2D eigenvalue weighted by atomic mass is 9.87. The molecule has 2 N–H and O–H groups in total. The molecule has 0 bridgehead atoms. The van der Waals surface area contributed by atoms with Crippen molar-refractivity contribution in [1.29, 1.82) is 0 Å². The van der Waals surface area contributed by atoms with Crippen molar-refractivity contribution in [2.75, 3.05) is 13.2 Å². The Labute approximate surface area is 78.4 Å². The Morgan fingerprint density at radius 2 is 2.08 bits per heavy atom. The van der Waals surface area contributed by atoms with Crippen molar-refractivity contribution >= 4 is 5.97 Å². The molecule has 1 aliphatic rings. The fraction of sp³-hybridized carbons (Fsp3) is 0.889. The number of esters is 1. The van der Waals surface area contributed by atoms with Gasteiger partial charge in [0.15, 0.2) is 0 Å². The zero-order valence-electron chi connectivity index (χ0n) is 8.37. The Balaban J connectivity index is 2.37. The Morgan fingerprint density at radius 1 is 1.54 bits per heavy atom. The third-order valence-electron chi connectivity index (χ3n) is 2.08. The van der Waals surface area contributed by atoms with Crippen LogP contribution in [0.3, 0.4) is 0 Å². The molecule has 4 nitrogen and oxygen atoms in total. The number of carbonyl (C=O) groups excluding carboxylic acids is 1. The van der Waals surface area contributed by atoms with Crippen molar-refractivity contribution in [3.8, 4) is 0 Å². The quantitative estimate of drug-likeness (QED) is 0.632. The van der Waals surface area contributed by atoms with Gasteiger partial charge in [0.1, 0.15) is 12.1 Å². The zero-order chi connectivity index (χ0) is 10.1. The highest BCUT2D eigenvalue weighted by Gasteiger charge is 2.32. The second-order valence-corrected chi connectivity index (χ2v) is 4.44. The van der Waals surface area contributed by atoms with E-state index < -0.39 is 6.04 Å². The van der Waals surface area contributed by atoms with Gasteiger partial charge in [0.25, 0.3) is 0 Å². The summed E-state index contributed by atoms with van der Waals surface area (Å²) in [5, 5.41) is 0. The molecule has 76 valence electrons. The topological polar surface area (TPSA) is 61.6 Å². The minimum absolute atomic E-state index is 0.0825. The molecule has 0 radical (unpaired) electrons. The monoisotopic (exact) mass is 187 g/mol. The predicted molar refractivity (Wildman–Crippen MR) is 48.1 cm³/mol. The summed E-state index contributed by atoms with van der Waals surface area (Å²) in [4.78, 5) is 11.4. The van der Waals surface area contributed by atoms with Gasteiger partial charge in [-0.15, -0.1) is 0 Å². The van der Waals surface area contributed by atoms with Crippen LogP contribution in [-0.2, 0) is 14.3 Å². The average Bonchev–Trinajstić information content (AvgIpc) is 1.93. The van der Waals surface area contributed by atoms with E-state index in [-0.39, 0.29) is 17.5 Å². The predicted octanol–water partition coefficient (Wildman–Crippen LogP) is 0.302. The molecular formula is C9H17NO3. The van der Waals surface area contributed by atoms with E-state index in [2.05, 4.69) is 0 Å². The molecule has 0 aromatic heterocycles. The highest BCUT2D eigenvalue weighted by atomic mass is 16.6. The summed E-state index contributed by atoms with van der Waals surface area (Å²) < 4.78 is 9.97.